The number of fused-ring (bicyclic) bond motifs is 2. The van der Waals surface area contributed by atoms with Crippen molar-refractivity contribution in [2.24, 2.45) is 0 Å². The second kappa shape index (κ2) is 7.28. The summed E-state index contributed by atoms with van der Waals surface area (Å²) in [4.78, 5) is 0. The molecule has 3 heteroatoms. The Labute approximate surface area is 159 Å². The van der Waals surface area contributed by atoms with Gasteiger partial charge in [0, 0.05) is 20.1 Å². The minimum Gasteiger partial charge on any atom is -0.382 e. The summed E-state index contributed by atoms with van der Waals surface area (Å²) in [6, 6.07) is 20.8. The molecule has 0 aliphatic heterocycles. The van der Waals surface area contributed by atoms with Gasteiger partial charge in [-0.2, -0.15) is 0 Å². The topological polar surface area (TPSA) is 38.7 Å². The molecular weight excluding hydrogens is 336 g/mol. The molecule has 2 unspecified atom stereocenters. The highest BCUT2D eigenvalue weighted by molar-refractivity contribution is 5.88. The van der Waals surface area contributed by atoms with Crippen LogP contribution in [0.3, 0.4) is 0 Å². The second-order valence-electron chi connectivity index (χ2n) is 7.11. The SMILES string of the molecule is COCc1ccc2ccccc2c1C1c2ccccc2C=CC1(O)COC. The molecule has 1 aliphatic rings. The maximum absolute atomic E-state index is 11.6. The minimum absolute atomic E-state index is 0.220. The summed E-state index contributed by atoms with van der Waals surface area (Å²) in [5, 5.41) is 13.9. The van der Waals surface area contributed by atoms with Crippen molar-refractivity contribution in [3.63, 3.8) is 0 Å². The number of rotatable bonds is 5. The summed E-state index contributed by atoms with van der Waals surface area (Å²) in [5.74, 6) is -0.241. The molecule has 1 aliphatic carbocycles. The van der Waals surface area contributed by atoms with Crippen LogP contribution in [-0.2, 0) is 16.1 Å². The number of aliphatic hydroxyl groups is 1. The van der Waals surface area contributed by atoms with Crippen LogP contribution in [-0.4, -0.2) is 31.5 Å². The van der Waals surface area contributed by atoms with Gasteiger partial charge in [0.1, 0.15) is 5.60 Å². The van der Waals surface area contributed by atoms with E-state index in [-0.39, 0.29) is 12.5 Å². The van der Waals surface area contributed by atoms with E-state index < -0.39 is 5.60 Å². The number of hydrogen-bond donors (Lipinski definition) is 1. The first kappa shape index (κ1) is 17.9. The lowest BCUT2D eigenvalue weighted by molar-refractivity contribution is -0.00603. The Morgan fingerprint density at radius 1 is 0.926 bits per heavy atom. The van der Waals surface area contributed by atoms with Crippen LogP contribution in [0, 0.1) is 0 Å². The number of hydrogen-bond acceptors (Lipinski definition) is 3. The first-order chi connectivity index (χ1) is 13.2. The molecule has 3 nitrogen and oxygen atoms in total. The Hall–Kier alpha value is -2.46. The maximum atomic E-state index is 11.6. The highest BCUT2D eigenvalue weighted by atomic mass is 16.5. The predicted molar refractivity (Wildman–Crippen MR) is 109 cm³/mol. The van der Waals surface area contributed by atoms with Crippen LogP contribution in [0.5, 0.6) is 0 Å². The fourth-order valence-electron chi connectivity index (χ4n) is 4.26. The number of methoxy groups -OCH3 is 2. The third-order valence-corrected chi connectivity index (χ3v) is 5.38. The lowest BCUT2D eigenvalue weighted by Crippen LogP contribution is -2.41. The molecule has 0 fully saturated rings. The average molecular weight is 360 g/mol. The van der Waals surface area contributed by atoms with Crippen LogP contribution >= 0.6 is 0 Å². The van der Waals surface area contributed by atoms with Gasteiger partial charge in [-0.1, -0.05) is 66.7 Å². The summed E-state index contributed by atoms with van der Waals surface area (Å²) in [6.45, 7) is 0.712. The normalized spacial score (nSPS) is 21.4. The molecule has 3 aromatic carbocycles. The largest absolute Gasteiger partial charge is 0.382 e. The summed E-state index contributed by atoms with van der Waals surface area (Å²) in [7, 11) is 3.33. The zero-order valence-electron chi connectivity index (χ0n) is 15.7. The van der Waals surface area contributed by atoms with Crippen LogP contribution in [0.15, 0.2) is 66.7 Å². The Balaban J connectivity index is 2.04. The van der Waals surface area contributed by atoms with Crippen molar-refractivity contribution in [2.75, 3.05) is 20.8 Å². The molecule has 0 spiro atoms. The second-order valence-corrected chi connectivity index (χ2v) is 7.11. The number of benzene rings is 3. The Morgan fingerprint density at radius 3 is 2.52 bits per heavy atom. The fraction of sp³-hybridized carbons (Fsp3) is 0.250. The van der Waals surface area contributed by atoms with Crippen molar-refractivity contribution in [1.82, 2.24) is 0 Å². The molecule has 27 heavy (non-hydrogen) atoms. The molecule has 0 bridgehead atoms. The molecule has 3 aromatic rings. The number of ether oxygens (including phenoxy) is 2. The zero-order valence-corrected chi connectivity index (χ0v) is 15.7. The van der Waals surface area contributed by atoms with E-state index in [0.29, 0.717) is 6.61 Å². The van der Waals surface area contributed by atoms with Gasteiger partial charge in [0.25, 0.3) is 0 Å². The van der Waals surface area contributed by atoms with Gasteiger partial charge in [-0.25, -0.2) is 0 Å². The van der Waals surface area contributed by atoms with Crippen molar-refractivity contribution in [1.29, 1.82) is 0 Å². The first-order valence-corrected chi connectivity index (χ1v) is 9.17. The summed E-state index contributed by atoms with van der Waals surface area (Å²) < 4.78 is 10.9. The molecule has 1 N–H and O–H groups in total. The third kappa shape index (κ3) is 3.08. The Kier molecular flexibility index (Phi) is 4.83. The van der Waals surface area contributed by atoms with Crippen LogP contribution in [0.2, 0.25) is 0 Å². The molecule has 0 aromatic heterocycles. The first-order valence-electron chi connectivity index (χ1n) is 9.17. The summed E-state index contributed by atoms with van der Waals surface area (Å²) in [6.07, 6.45) is 3.87. The molecule has 2 atom stereocenters. The van der Waals surface area contributed by atoms with Gasteiger partial charge < -0.3 is 14.6 Å². The molecule has 0 saturated heterocycles. The molecule has 138 valence electrons. The van der Waals surface area contributed by atoms with Crippen molar-refractivity contribution >= 4 is 16.8 Å². The Morgan fingerprint density at radius 2 is 1.70 bits per heavy atom. The molecule has 0 saturated carbocycles. The van der Waals surface area contributed by atoms with Gasteiger partial charge in [0.15, 0.2) is 0 Å². The van der Waals surface area contributed by atoms with E-state index in [1.54, 1.807) is 14.2 Å². The molecule has 4 rings (SSSR count). The van der Waals surface area contributed by atoms with E-state index in [1.807, 2.05) is 36.4 Å². The summed E-state index contributed by atoms with van der Waals surface area (Å²) in [5.41, 5.74) is 3.29. The smallest absolute Gasteiger partial charge is 0.117 e. The highest BCUT2D eigenvalue weighted by Gasteiger charge is 2.41. The predicted octanol–water partition coefficient (Wildman–Crippen LogP) is 4.52. The molecular formula is C24H24O3. The van der Waals surface area contributed by atoms with Crippen LogP contribution in [0.4, 0.5) is 0 Å². The lowest BCUT2D eigenvalue weighted by atomic mass is 9.70. The highest BCUT2D eigenvalue weighted by Crippen LogP contribution is 2.45. The quantitative estimate of drug-likeness (QED) is 0.727. The van der Waals surface area contributed by atoms with Crippen molar-refractivity contribution in [3.8, 4) is 0 Å². The molecule has 0 radical (unpaired) electrons. The van der Waals surface area contributed by atoms with E-state index in [2.05, 4.69) is 36.4 Å². The van der Waals surface area contributed by atoms with Gasteiger partial charge in [-0.05, 0) is 39.1 Å². The standard InChI is InChI=1S/C24H24O3/c1-26-15-19-12-11-17-7-3-5-9-20(17)22(19)23-21-10-6-4-8-18(21)13-14-24(23,25)16-27-2/h3-14,23,25H,15-16H2,1-2H3. The van der Waals surface area contributed by atoms with Crippen molar-refractivity contribution in [2.45, 2.75) is 18.1 Å². The van der Waals surface area contributed by atoms with E-state index in [9.17, 15) is 5.11 Å². The fourth-order valence-corrected chi connectivity index (χ4v) is 4.26. The molecule has 0 amide bonds. The van der Waals surface area contributed by atoms with Gasteiger partial charge in [-0.3, -0.25) is 0 Å². The van der Waals surface area contributed by atoms with E-state index >= 15 is 0 Å². The van der Waals surface area contributed by atoms with Crippen LogP contribution in [0.1, 0.15) is 28.2 Å². The Bertz CT molecular complexity index is 992. The van der Waals surface area contributed by atoms with Crippen LogP contribution < -0.4 is 0 Å². The van der Waals surface area contributed by atoms with Gasteiger partial charge in [-0.15, -0.1) is 0 Å². The van der Waals surface area contributed by atoms with Gasteiger partial charge >= 0.3 is 0 Å². The van der Waals surface area contributed by atoms with Crippen molar-refractivity contribution in [3.05, 3.63) is 89.0 Å². The van der Waals surface area contributed by atoms with E-state index in [0.717, 1.165) is 33.0 Å². The molecule has 0 heterocycles. The maximum Gasteiger partial charge on any atom is 0.117 e. The van der Waals surface area contributed by atoms with E-state index in [4.69, 9.17) is 9.47 Å². The van der Waals surface area contributed by atoms with Crippen molar-refractivity contribution < 1.29 is 14.6 Å². The third-order valence-electron chi connectivity index (χ3n) is 5.38. The van der Waals surface area contributed by atoms with Gasteiger partial charge in [0.2, 0.25) is 0 Å². The summed E-state index contributed by atoms with van der Waals surface area (Å²) >= 11 is 0. The zero-order chi connectivity index (χ0) is 18.9. The van der Waals surface area contributed by atoms with Crippen LogP contribution in [0.25, 0.3) is 16.8 Å². The monoisotopic (exact) mass is 360 g/mol. The van der Waals surface area contributed by atoms with E-state index in [1.165, 1.54) is 0 Å². The lowest BCUT2D eigenvalue weighted by Gasteiger charge is -2.39. The average Bonchev–Trinajstić information content (AvgIpc) is 2.69. The van der Waals surface area contributed by atoms with Gasteiger partial charge in [0.05, 0.1) is 13.2 Å². The minimum atomic E-state index is -1.13.